The van der Waals surface area contributed by atoms with E-state index in [0.29, 0.717) is 23.5 Å². The second-order valence-corrected chi connectivity index (χ2v) is 12.0. The van der Waals surface area contributed by atoms with E-state index in [1.165, 1.54) is 6.07 Å². The predicted molar refractivity (Wildman–Crippen MR) is 153 cm³/mol. The molecule has 9 nitrogen and oxygen atoms in total. The lowest BCUT2D eigenvalue weighted by atomic mass is 10.1. The summed E-state index contributed by atoms with van der Waals surface area (Å²) in [6, 6.07) is 7.41. The maximum Gasteiger partial charge on any atom is 0.410 e. The number of carbonyl (C=O) groups excluding carboxylic acids is 2. The molecule has 1 aliphatic heterocycles. The number of anilines is 2. The molecule has 40 heavy (non-hydrogen) atoms. The maximum absolute atomic E-state index is 14.6. The number of H-pyrrole nitrogens is 1. The number of imidazole rings is 1. The molecule has 6 rings (SSSR count). The van der Waals surface area contributed by atoms with Crippen LogP contribution in [0.2, 0.25) is 0 Å². The number of pyridine rings is 1. The summed E-state index contributed by atoms with van der Waals surface area (Å²) in [5, 5.41) is 3.78. The number of ether oxygens (including phenoxy) is 1. The molecule has 0 bridgehead atoms. The quantitative estimate of drug-likeness (QED) is 0.330. The number of amides is 2. The van der Waals surface area contributed by atoms with Gasteiger partial charge in [-0.3, -0.25) is 4.79 Å². The molecule has 2 N–H and O–H groups in total. The summed E-state index contributed by atoms with van der Waals surface area (Å²) in [6.07, 6.45) is 6.01. The zero-order chi connectivity index (χ0) is 28.3. The number of hydrogen-bond donors (Lipinski definition) is 2. The first-order valence-electron chi connectivity index (χ1n) is 13.8. The molecule has 10 heteroatoms. The summed E-state index contributed by atoms with van der Waals surface area (Å²) in [5.74, 6) is -0.838. The number of hydrogen-bond acceptors (Lipinski definition) is 5. The summed E-state index contributed by atoms with van der Waals surface area (Å²) >= 11 is 0. The van der Waals surface area contributed by atoms with Crippen LogP contribution in [0.1, 0.15) is 61.8 Å². The number of nitrogens with zero attached hydrogens (tertiary/aromatic N) is 4. The first kappa shape index (κ1) is 26.2. The molecule has 2 amide bonds. The average molecular weight is 547 g/mol. The van der Waals surface area contributed by atoms with Gasteiger partial charge in [0.15, 0.2) is 11.5 Å². The molecule has 1 aliphatic carbocycles. The Labute approximate surface area is 232 Å². The van der Waals surface area contributed by atoms with Crippen molar-refractivity contribution in [1.29, 1.82) is 0 Å². The van der Waals surface area contributed by atoms with Crippen molar-refractivity contribution in [2.24, 2.45) is 0 Å². The van der Waals surface area contributed by atoms with Gasteiger partial charge in [-0.25, -0.2) is 14.2 Å². The van der Waals surface area contributed by atoms with Crippen LogP contribution in [0.3, 0.4) is 0 Å². The van der Waals surface area contributed by atoms with E-state index in [2.05, 4.69) is 20.2 Å². The first-order valence-corrected chi connectivity index (χ1v) is 13.8. The van der Waals surface area contributed by atoms with Gasteiger partial charge in [0.2, 0.25) is 0 Å². The smallest absolute Gasteiger partial charge is 0.410 e. The second kappa shape index (κ2) is 9.53. The van der Waals surface area contributed by atoms with E-state index >= 15 is 0 Å². The molecule has 210 valence electrons. The monoisotopic (exact) mass is 546 g/mol. The fourth-order valence-corrected chi connectivity index (χ4v) is 5.70. The SMILES string of the molecule is Cc1cn2cc(NC(=O)c3ccc(N4CC[C@H](N(C(=O)OC(C)(C)C)C5CC5)C4)c4cc(C)[nH]c34)cc(F)c2n1. The molecular formula is C30H35FN6O3. The number of aryl methyl sites for hydroxylation is 2. The van der Waals surface area contributed by atoms with Crippen molar-refractivity contribution in [3.8, 4) is 0 Å². The van der Waals surface area contributed by atoms with Crippen LogP contribution in [-0.4, -0.2) is 62.0 Å². The number of benzene rings is 1. The topological polar surface area (TPSA) is 95.0 Å². The molecule has 4 aromatic rings. The summed E-state index contributed by atoms with van der Waals surface area (Å²) < 4.78 is 21.9. The zero-order valence-electron chi connectivity index (χ0n) is 23.5. The number of aromatic nitrogens is 3. The Kier molecular flexibility index (Phi) is 6.23. The van der Waals surface area contributed by atoms with Gasteiger partial charge < -0.3 is 29.2 Å². The molecule has 2 aliphatic rings. The molecule has 2 fully saturated rings. The molecule has 1 saturated carbocycles. The van der Waals surface area contributed by atoms with Crippen LogP contribution in [0.4, 0.5) is 20.6 Å². The van der Waals surface area contributed by atoms with Crippen LogP contribution in [0, 0.1) is 19.7 Å². The van der Waals surface area contributed by atoms with Crippen molar-refractivity contribution in [2.75, 3.05) is 23.3 Å². The third kappa shape index (κ3) is 4.98. The average Bonchev–Trinajstić information content (AvgIpc) is 3.23. The largest absolute Gasteiger partial charge is 0.444 e. The van der Waals surface area contributed by atoms with Gasteiger partial charge in [0.05, 0.1) is 28.5 Å². The second-order valence-electron chi connectivity index (χ2n) is 12.0. The summed E-state index contributed by atoms with van der Waals surface area (Å²) in [6.45, 7) is 10.9. The van der Waals surface area contributed by atoms with E-state index in [4.69, 9.17) is 4.74 Å². The number of carbonyl (C=O) groups is 2. The molecule has 3 aromatic heterocycles. The van der Waals surface area contributed by atoms with Crippen LogP contribution < -0.4 is 10.2 Å². The number of rotatable bonds is 5. The Morgan fingerprint density at radius 3 is 2.62 bits per heavy atom. The van der Waals surface area contributed by atoms with Gasteiger partial charge in [-0.05, 0) is 72.1 Å². The van der Waals surface area contributed by atoms with Crippen molar-refractivity contribution in [1.82, 2.24) is 19.3 Å². The van der Waals surface area contributed by atoms with Gasteiger partial charge in [-0.1, -0.05) is 0 Å². The van der Waals surface area contributed by atoms with Gasteiger partial charge >= 0.3 is 6.09 Å². The lowest BCUT2D eigenvalue weighted by molar-refractivity contribution is 0.0158. The number of aromatic amines is 1. The van der Waals surface area contributed by atoms with Gasteiger partial charge in [0.1, 0.15) is 5.60 Å². The third-order valence-corrected chi connectivity index (χ3v) is 7.48. The molecule has 0 unspecified atom stereocenters. The highest BCUT2D eigenvalue weighted by molar-refractivity contribution is 6.14. The molecule has 4 heterocycles. The van der Waals surface area contributed by atoms with Crippen LogP contribution in [0.25, 0.3) is 16.6 Å². The number of nitrogens with one attached hydrogen (secondary N) is 2. The van der Waals surface area contributed by atoms with Crippen molar-refractivity contribution < 1.29 is 18.7 Å². The van der Waals surface area contributed by atoms with Crippen molar-refractivity contribution in [3.05, 3.63) is 59.4 Å². The van der Waals surface area contributed by atoms with Gasteiger partial charge in [-0.2, -0.15) is 0 Å². The number of fused-ring (bicyclic) bond motifs is 2. The third-order valence-electron chi connectivity index (χ3n) is 7.48. The normalized spacial score (nSPS) is 17.6. The molecule has 1 saturated heterocycles. The van der Waals surface area contributed by atoms with Crippen LogP contribution >= 0.6 is 0 Å². The summed E-state index contributed by atoms with van der Waals surface area (Å²) in [4.78, 5) is 38.2. The number of halogens is 1. The molecule has 0 spiro atoms. The van der Waals surface area contributed by atoms with Gasteiger partial charge in [0, 0.05) is 54.4 Å². The summed E-state index contributed by atoms with van der Waals surface area (Å²) in [5.41, 5.74) is 3.86. The maximum atomic E-state index is 14.6. The Morgan fingerprint density at radius 1 is 1.12 bits per heavy atom. The van der Waals surface area contributed by atoms with E-state index < -0.39 is 11.4 Å². The van der Waals surface area contributed by atoms with Crippen molar-refractivity contribution >= 4 is 39.9 Å². The minimum Gasteiger partial charge on any atom is -0.444 e. The Bertz CT molecular complexity index is 1630. The Morgan fingerprint density at radius 2 is 1.90 bits per heavy atom. The highest BCUT2D eigenvalue weighted by atomic mass is 19.1. The molecule has 1 atom stereocenters. The fourth-order valence-electron chi connectivity index (χ4n) is 5.70. The minimum atomic E-state index is -0.539. The highest BCUT2D eigenvalue weighted by Gasteiger charge is 2.42. The molecule has 1 aromatic carbocycles. The van der Waals surface area contributed by atoms with E-state index in [1.807, 2.05) is 44.7 Å². The Balaban J connectivity index is 1.25. The predicted octanol–water partition coefficient (Wildman–Crippen LogP) is 5.80. The highest BCUT2D eigenvalue weighted by Crippen LogP contribution is 2.37. The minimum absolute atomic E-state index is 0.0667. The van der Waals surface area contributed by atoms with Crippen LogP contribution in [0.5, 0.6) is 0 Å². The van der Waals surface area contributed by atoms with E-state index in [0.717, 1.165) is 48.1 Å². The standard InChI is InChI=1S/C30H35FN6O3/c1-17-12-23-25(35-11-10-21(16-35)37(20-6-7-20)29(39)40-30(3,4)5)9-8-22(26(23)32-17)28(38)34-19-13-24(31)27-33-18(2)14-36(27)15-19/h8-9,12-15,20-21,32H,6-7,10-11,16H2,1-5H3,(H,34,38)/t21-/m0/s1. The zero-order valence-corrected chi connectivity index (χ0v) is 23.5. The van der Waals surface area contributed by atoms with Gasteiger partial charge in [0.25, 0.3) is 5.91 Å². The summed E-state index contributed by atoms with van der Waals surface area (Å²) in [7, 11) is 0. The lowest BCUT2D eigenvalue weighted by Gasteiger charge is -2.32. The fraction of sp³-hybridized carbons (Fsp3) is 0.433. The van der Waals surface area contributed by atoms with Crippen molar-refractivity contribution in [3.63, 3.8) is 0 Å². The van der Waals surface area contributed by atoms with E-state index in [1.54, 1.807) is 29.8 Å². The lowest BCUT2D eigenvalue weighted by Crippen LogP contribution is -2.46. The first-order chi connectivity index (χ1) is 19.0. The van der Waals surface area contributed by atoms with Gasteiger partial charge in [-0.15, -0.1) is 0 Å². The van der Waals surface area contributed by atoms with Crippen LogP contribution in [-0.2, 0) is 4.74 Å². The molecular weight excluding hydrogens is 511 g/mol. The Hall–Kier alpha value is -4.08. The molecule has 0 radical (unpaired) electrons. The van der Waals surface area contributed by atoms with Crippen molar-refractivity contribution in [2.45, 2.75) is 71.6 Å². The van der Waals surface area contributed by atoms with E-state index in [-0.39, 0.29) is 29.7 Å². The van der Waals surface area contributed by atoms with E-state index in [9.17, 15) is 14.0 Å². The van der Waals surface area contributed by atoms with Crippen LogP contribution in [0.15, 0.2) is 36.7 Å².